The minimum atomic E-state index is 0.858. The van der Waals surface area contributed by atoms with E-state index >= 15 is 0 Å². The summed E-state index contributed by atoms with van der Waals surface area (Å²) in [5.41, 5.74) is 8.14. The zero-order chi connectivity index (χ0) is 16.6. The highest BCUT2D eigenvalue weighted by molar-refractivity contribution is 6.32. The average Bonchev–Trinajstić information content (AvgIpc) is 3.06. The van der Waals surface area contributed by atoms with Crippen LogP contribution in [0.15, 0.2) is 36.4 Å². The molecule has 2 heterocycles. The highest BCUT2D eigenvalue weighted by Crippen LogP contribution is 2.43. The number of aryl methyl sites for hydroxylation is 2. The maximum Gasteiger partial charge on any atom is 0.0536 e. The van der Waals surface area contributed by atoms with E-state index < -0.39 is 0 Å². The van der Waals surface area contributed by atoms with Crippen molar-refractivity contribution in [3.05, 3.63) is 58.1 Å². The molecule has 0 atom stereocenters. The lowest BCUT2D eigenvalue weighted by molar-refractivity contribution is 0.879. The number of fused-ring (bicyclic) bond motifs is 5. The molecule has 23 heavy (non-hydrogen) atoms. The summed E-state index contributed by atoms with van der Waals surface area (Å²) in [6.07, 6.45) is 1.05. The lowest BCUT2D eigenvalue weighted by Crippen LogP contribution is -1.94. The maximum atomic E-state index is 6.34. The van der Waals surface area contributed by atoms with Gasteiger partial charge in [0.2, 0.25) is 0 Å². The highest BCUT2D eigenvalue weighted by Gasteiger charge is 2.26. The van der Waals surface area contributed by atoms with Gasteiger partial charge in [-0.2, -0.15) is 0 Å². The lowest BCUT2D eigenvalue weighted by atomic mass is 10.00. The molecule has 120 valence electrons. The maximum absolute atomic E-state index is 6.34. The van der Waals surface area contributed by atoms with Crippen molar-refractivity contribution in [2.45, 2.75) is 26.8 Å². The first-order valence-electron chi connectivity index (χ1n) is 8.10. The molecule has 0 aliphatic carbocycles. The first kappa shape index (κ1) is 16.1. The highest BCUT2D eigenvalue weighted by atomic mass is 35.5. The van der Waals surface area contributed by atoms with Crippen LogP contribution in [0.1, 0.15) is 23.6 Å². The molecule has 1 aliphatic rings. The Bertz CT molecular complexity index is 862. The van der Waals surface area contributed by atoms with Gasteiger partial charge in [-0.1, -0.05) is 48.9 Å². The molecule has 0 unspecified atom stereocenters. The number of nitrogens with zero attached hydrogens (tertiary/aromatic N) is 1. The second kappa shape index (κ2) is 6.38. The van der Waals surface area contributed by atoms with Crippen LogP contribution in [-0.4, -0.2) is 18.7 Å². The fourth-order valence-corrected chi connectivity index (χ4v) is 3.71. The Morgan fingerprint density at radius 1 is 1.13 bits per heavy atom. The van der Waals surface area contributed by atoms with Gasteiger partial charge in [-0.3, -0.25) is 0 Å². The molecule has 0 fully saturated rings. The van der Waals surface area contributed by atoms with Crippen LogP contribution < -0.4 is 5.32 Å². The van der Waals surface area contributed by atoms with Crippen LogP contribution in [0, 0.1) is 6.92 Å². The molecule has 0 radical (unpaired) electrons. The van der Waals surface area contributed by atoms with Crippen LogP contribution >= 0.6 is 11.6 Å². The fourth-order valence-electron chi connectivity index (χ4n) is 3.55. The van der Waals surface area contributed by atoms with E-state index in [9.17, 15) is 0 Å². The van der Waals surface area contributed by atoms with Crippen molar-refractivity contribution in [1.82, 2.24) is 9.88 Å². The largest absolute Gasteiger partial charge is 0.335 e. The summed E-state index contributed by atoms with van der Waals surface area (Å²) in [7, 11) is 3.75. The molecular formula is C20H23ClN2. The van der Waals surface area contributed by atoms with E-state index in [1.165, 1.54) is 38.9 Å². The van der Waals surface area contributed by atoms with Gasteiger partial charge in [-0.05, 0) is 50.2 Å². The van der Waals surface area contributed by atoms with Gasteiger partial charge in [-0.25, -0.2) is 0 Å². The Balaban J connectivity index is 0.000000485. The summed E-state index contributed by atoms with van der Waals surface area (Å²) >= 11 is 6.34. The van der Waals surface area contributed by atoms with E-state index in [4.69, 9.17) is 11.6 Å². The second-order valence-electron chi connectivity index (χ2n) is 5.99. The molecule has 2 aromatic carbocycles. The van der Waals surface area contributed by atoms with Gasteiger partial charge in [0.1, 0.15) is 0 Å². The molecule has 0 amide bonds. The molecule has 1 aromatic heterocycles. The van der Waals surface area contributed by atoms with Gasteiger partial charge in [0.05, 0.1) is 11.2 Å². The van der Waals surface area contributed by atoms with Gasteiger partial charge in [-0.15, -0.1) is 0 Å². The number of hydrogen-bond donors (Lipinski definition) is 1. The molecule has 2 nitrogen and oxygen atoms in total. The molecule has 1 aliphatic heterocycles. The van der Waals surface area contributed by atoms with Crippen LogP contribution in [0.4, 0.5) is 0 Å². The van der Waals surface area contributed by atoms with Crippen molar-refractivity contribution in [1.29, 1.82) is 0 Å². The predicted molar refractivity (Wildman–Crippen MR) is 101 cm³/mol. The van der Waals surface area contributed by atoms with E-state index in [0.717, 1.165) is 18.0 Å². The van der Waals surface area contributed by atoms with Crippen LogP contribution in [-0.2, 0) is 13.0 Å². The van der Waals surface area contributed by atoms with Gasteiger partial charge >= 0.3 is 0 Å². The molecule has 4 rings (SSSR count). The molecule has 0 spiro atoms. The zero-order valence-corrected chi connectivity index (χ0v) is 15.0. The minimum absolute atomic E-state index is 0.858. The second-order valence-corrected chi connectivity index (χ2v) is 6.40. The monoisotopic (exact) mass is 326 g/mol. The van der Waals surface area contributed by atoms with Gasteiger partial charge in [0, 0.05) is 22.5 Å². The number of halogens is 1. The summed E-state index contributed by atoms with van der Waals surface area (Å²) in [5.74, 6) is 0. The molecule has 0 saturated carbocycles. The van der Waals surface area contributed by atoms with Crippen LogP contribution in [0.5, 0.6) is 0 Å². The first-order chi connectivity index (χ1) is 11.1. The topological polar surface area (TPSA) is 17.0 Å². The smallest absolute Gasteiger partial charge is 0.0536 e. The summed E-state index contributed by atoms with van der Waals surface area (Å²) in [5, 5.41) is 4.97. The number of rotatable bonds is 1. The standard InChI is InChI=1S/C18H16ClN.C2H7N/c1-3-13-15-8-9-16(19)11(2)17(15)20-10-12-6-4-5-7-14(12)18(13)20;1-3-2/h4-9H,3,10H2,1-2H3;3H,1-2H3. The van der Waals surface area contributed by atoms with E-state index in [-0.39, 0.29) is 0 Å². The normalized spacial score (nSPS) is 11.9. The van der Waals surface area contributed by atoms with Crippen molar-refractivity contribution >= 4 is 22.5 Å². The Labute approximate surface area is 143 Å². The third-order valence-electron chi connectivity index (χ3n) is 4.47. The van der Waals surface area contributed by atoms with Crippen molar-refractivity contribution in [3.8, 4) is 11.3 Å². The van der Waals surface area contributed by atoms with Crippen molar-refractivity contribution in [3.63, 3.8) is 0 Å². The Kier molecular flexibility index (Phi) is 4.47. The summed E-state index contributed by atoms with van der Waals surface area (Å²) in [6.45, 7) is 5.32. The fraction of sp³-hybridized carbons (Fsp3) is 0.300. The molecule has 0 saturated heterocycles. The van der Waals surface area contributed by atoms with Crippen LogP contribution in [0.25, 0.3) is 22.2 Å². The third kappa shape index (κ3) is 2.46. The van der Waals surface area contributed by atoms with Gasteiger partial charge in [0.25, 0.3) is 0 Å². The number of hydrogen-bond acceptors (Lipinski definition) is 1. The van der Waals surface area contributed by atoms with Crippen molar-refractivity contribution in [2.75, 3.05) is 14.1 Å². The van der Waals surface area contributed by atoms with Crippen LogP contribution in [0.2, 0.25) is 5.02 Å². The summed E-state index contributed by atoms with van der Waals surface area (Å²) in [6, 6.07) is 12.9. The number of benzene rings is 2. The van der Waals surface area contributed by atoms with E-state index in [1.54, 1.807) is 0 Å². The van der Waals surface area contributed by atoms with Crippen molar-refractivity contribution in [2.24, 2.45) is 0 Å². The van der Waals surface area contributed by atoms with E-state index in [2.05, 4.69) is 54.1 Å². The summed E-state index contributed by atoms with van der Waals surface area (Å²) in [4.78, 5) is 0. The Morgan fingerprint density at radius 3 is 2.52 bits per heavy atom. The molecule has 1 N–H and O–H groups in total. The average molecular weight is 327 g/mol. The van der Waals surface area contributed by atoms with Gasteiger partial charge < -0.3 is 9.88 Å². The number of nitrogens with one attached hydrogen (secondary N) is 1. The number of aromatic nitrogens is 1. The first-order valence-corrected chi connectivity index (χ1v) is 8.48. The van der Waals surface area contributed by atoms with Crippen LogP contribution in [0.3, 0.4) is 0 Å². The minimum Gasteiger partial charge on any atom is -0.335 e. The quantitative estimate of drug-likeness (QED) is 0.519. The van der Waals surface area contributed by atoms with E-state index in [0.29, 0.717) is 0 Å². The van der Waals surface area contributed by atoms with E-state index in [1.807, 2.05) is 20.2 Å². The molecule has 3 aromatic rings. The predicted octanol–water partition coefficient (Wildman–Crippen LogP) is 5.03. The lowest BCUT2D eigenvalue weighted by Gasteiger charge is -2.06. The molecule has 0 bridgehead atoms. The third-order valence-corrected chi connectivity index (χ3v) is 4.88. The SMILES string of the molecule is CCc1c2n(c3c(C)c(Cl)ccc13)Cc1ccccc1-2.CNC. The van der Waals surface area contributed by atoms with Crippen molar-refractivity contribution < 1.29 is 0 Å². The Morgan fingerprint density at radius 2 is 1.83 bits per heavy atom. The molecule has 3 heteroatoms. The summed E-state index contributed by atoms with van der Waals surface area (Å²) < 4.78 is 2.44. The molecular weight excluding hydrogens is 304 g/mol. The van der Waals surface area contributed by atoms with Gasteiger partial charge in [0.15, 0.2) is 0 Å². The zero-order valence-electron chi connectivity index (χ0n) is 14.2. The Hall–Kier alpha value is -1.77.